The Morgan fingerprint density at radius 2 is 1.64 bits per heavy atom. The summed E-state index contributed by atoms with van der Waals surface area (Å²) in [4.78, 5) is 0. The molecule has 0 aromatic heterocycles. The molecule has 0 heterocycles. The second kappa shape index (κ2) is 9.62. The maximum absolute atomic E-state index is 10.1. The van der Waals surface area contributed by atoms with E-state index in [1.54, 1.807) is 0 Å². The smallest absolute Gasteiger partial charge is 0.124 e. The maximum Gasteiger partial charge on any atom is 0.124 e. The maximum atomic E-state index is 10.1. The fraction of sp³-hybridized carbons (Fsp3) is 0.739. The van der Waals surface area contributed by atoms with Crippen LogP contribution in [0.1, 0.15) is 95.5 Å². The lowest BCUT2D eigenvalue weighted by molar-refractivity contribution is 0.00686. The van der Waals surface area contributed by atoms with Crippen LogP contribution in [0.25, 0.3) is 0 Å². The van der Waals surface area contributed by atoms with Gasteiger partial charge in [0.2, 0.25) is 0 Å². The van der Waals surface area contributed by atoms with Crippen molar-refractivity contribution in [1.82, 2.24) is 0 Å². The number of rotatable bonds is 7. The third-order valence-electron chi connectivity index (χ3n) is 6.37. The van der Waals surface area contributed by atoms with Crippen molar-refractivity contribution >= 4 is 0 Å². The van der Waals surface area contributed by atoms with Gasteiger partial charge in [0.05, 0.1) is 6.10 Å². The van der Waals surface area contributed by atoms with Crippen LogP contribution in [-0.4, -0.2) is 17.3 Å². The summed E-state index contributed by atoms with van der Waals surface area (Å²) in [5.41, 5.74) is 1.48. The molecular weight excluding hydrogens is 308 g/mol. The van der Waals surface area contributed by atoms with E-state index < -0.39 is 0 Å². The minimum Gasteiger partial charge on any atom is -0.488 e. The van der Waals surface area contributed by atoms with Crippen LogP contribution in [0.3, 0.4) is 0 Å². The van der Waals surface area contributed by atoms with E-state index in [9.17, 15) is 5.11 Å². The highest BCUT2D eigenvalue weighted by molar-refractivity contribution is 5.30. The van der Waals surface area contributed by atoms with E-state index >= 15 is 0 Å². The molecule has 2 fully saturated rings. The molecule has 1 aromatic rings. The zero-order valence-corrected chi connectivity index (χ0v) is 16.0. The van der Waals surface area contributed by atoms with Gasteiger partial charge in [-0.15, -0.1) is 0 Å². The van der Waals surface area contributed by atoms with E-state index in [1.165, 1.54) is 63.4 Å². The molecule has 0 spiro atoms. The van der Waals surface area contributed by atoms with Crippen molar-refractivity contribution in [1.29, 1.82) is 0 Å². The average Bonchev–Trinajstić information content (AvgIpc) is 2.65. The van der Waals surface area contributed by atoms with Crippen LogP contribution in [0.5, 0.6) is 5.75 Å². The SMILES string of the molecule is CCCCCC1CCC(c2ccc(OC3CCCCC3O)cc2)CC1. The van der Waals surface area contributed by atoms with E-state index in [0.29, 0.717) is 0 Å². The number of hydrogen-bond acceptors (Lipinski definition) is 2. The molecule has 2 aliphatic rings. The Bertz CT molecular complexity index is 487. The normalized spacial score (nSPS) is 30.2. The Morgan fingerprint density at radius 3 is 2.32 bits per heavy atom. The Hall–Kier alpha value is -1.02. The van der Waals surface area contributed by atoms with Crippen molar-refractivity contribution in [3.05, 3.63) is 29.8 Å². The summed E-state index contributed by atoms with van der Waals surface area (Å²) < 4.78 is 6.03. The van der Waals surface area contributed by atoms with Crippen LogP contribution in [0.2, 0.25) is 0 Å². The predicted octanol–water partition coefficient (Wildman–Crippen LogP) is 6.22. The Morgan fingerprint density at radius 1 is 0.920 bits per heavy atom. The zero-order valence-electron chi connectivity index (χ0n) is 16.0. The minimum absolute atomic E-state index is 0.0156. The van der Waals surface area contributed by atoms with Crippen molar-refractivity contribution in [2.45, 2.75) is 102 Å². The monoisotopic (exact) mass is 344 g/mol. The van der Waals surface area contributed by atoms with Gasteiger partial charge in [0.1, 0.15) is 11.9 Å². The van der Waals surface area contributed by atoms with Gasteiger partial charge in [-0.1, -0.05) is 51.2 Å². The van der Waals surface area contributed by atoms with Gasteiger partial charge in [0, 0.05) is 0 Å². The summed E-state index contributed by atoms with van der Waals surface area (Å²) >= 11 is 0. The minimum atomic E-state index is -0.295. The van der Waals surface area contributed by atoms with E-state index in [1.807, 2.05) is 0 Å². The third kappa shape index (κ3) is 5.48. The van der Waals surface area contributed by atoms with Crippen molar-refractivity contribution < 1.29 is 9.84 Å². The van der Waals surface area contributed by atoms with Gasteiger partial charge < -0.3 is 9.84 Å². The molecule has 2 aliphatic carbocycles. The van der Waals surface area contributed by atoms with E-state index in [-0.39, 0.29) is 12.2 Å². The molecule has 2 unspecified atom stereocenters. The van der Waals surface area contributed by atoms with Crippen LogP contribution in [0.4, 0.5) is 0 Å². The lowest BCUT2D eigenvalue weighted by Gasteiger charge is -2.30. The molecule has 2 atom stereocenters. The number of unbranched alkanes of at least 4 members (excludes halogenated alkanes) is 2. The second-order valence-corrected chi connectivity index (χ2v) is 8.29. The second-order valence-electron chi connectivity index (χ2n) is 8.29. The van der Waals surface area contributed by atoms with Crippen molar-refractivity contribution in [2.24, 2.45) is 5.92 Å². The van der Waals surface area contributed by atoms with Crippen LogP contribution in [0.15, 0.2) is 24.3 Å². The molecular formula is C23H36O2. The standard InChI is InChI=1S/C23H36O2/c1-2-3-4-7-18-10-12-19(13-11-18)20-14-16-21(17-15-20)25-23-9-6-5-8-22(23)24/h14-19,22-24H,2-13H2,1H3. The quantitative estimate of drug-likeness (QED) is 0.595. The largest absolute Gasteiger partial charge is 0.488 e. The number of hydrogen-bond donors (Lipinski definition) is 1. The van der Waals surface area contributed by atoms with Crippen LogP contribution < -0.4 is 4.74 Å². The number of ether oxygens (including phenoxy) is 1. The molecule has 0 radical (unpaired) electrons. The molecule has 25 heavy (non-hydrogen) atoms. The summed E-state index contributed by atoms with van der Waals surface area (Å²) in [6, 6.07) is 8.74. The van der Waals surface area contributed by atoms with Gasteiger partial charge in [-0.05, 0) is 74.5 Å². The third-order valence-corrected chi connectivity index (χ3v) is 6.37. The number of benzene rings is 1. The molecule has 1 N–H and O–H groups in total. The Balaban J connectivity index is 1.46. The molecule has 3 rings (SSSR count). The first-order valence-electron chi connectivity index (χ1n) is 10.7. The fourth-order valence-corrected chi connectivity index (χ4v) is 4.68. The highest BCUT2D eigenvalue weighted by Gasteiger charge is 2.25. The highest BCUT2D eigenvalue weighted by Crippen LogP contribution is 2.38. The molecule has 0 bridgehead atoms. The van der Waals surface area contributed by atoms with Gasteiger partial charge in [-0.2, -0.15) is 0 Å². The molecule has 2 nitrogen and oxygen atoms in total. The molecule has 2 heteroatoms. The van der Waals surface area contributed by atoms with E-state index in [4.69, 9.17) is 4.74 Å². The molecule has 2 saturated carbocycles. The summed E-state index contributed by atoms with van der Waals surface area (Å²) in [5.74, 6) is 2.62. The van der Waals surface area contributed by atoms with Crippen LogP contribution in [-0.2, 0) is 0 Å². The average molecular weight is 345 g/mol. The molecule has 140 valence electrons. The first-order valence-corrected chi connectivity index (χ1v) is 10.7. The highest BCUT2D eigenvalue weighted by atomic mass is 16.5. The van der Waals surface area contributed by atoms with E-state index in [0.717, 1.165) is 36.8 Å². The topological polar surface area (TPSA) is 29.5 Å². The van der Waals surface area contributed by atoms with Gasteiger partial charge in [-0.25, -0.2) is 0 Å². The Labute approximate surface area is 154 Å². The van der Waals surface area contributed by atoms with Crippen LogP contribution in [0, 0.1) is 5.92 Å². The lowest BCUT2D eigenvalue weighted by atomic mass is 9.77. The number of aliphatic hydroxyl groups excluding tert-OH is 1. The predicted molar refractivity (Wildman–Crippen MR) is 104 cm³/mol. The van der Waals surface area contributed by atoms with Gasteiger partial charge >= 0.3 is 0 Å². The summed E-state index contributed by atoms with van der Waals surface area (Å²) in [5, 5.41) is 10.1. The van der Waals surface area contributed by atoms with Crippen LogP contribution >= 0.6 is 0 Å². The molecule has 0 saturated heterocycles. The fourth-order valence-electron chi connectivity index (χ4n) is 4.68. The van der Waals surface area contributed by atoms with Gasteiger partial charge in [0.25, 0.3) is 0 Å². The summed E-state index contributed by atoms with van der Waals surface area (Å²) in [7, 11) is 0. The summed E-state index contributed by atoms with van der Waals surface area (Å²) in [6.07, 6.45) is 14.9. The Kier molecular flexibility index (Phi) is 7.22. The van der Waals surface area contributed by atoms with Crippen molar-refractivity contribution in [3.63, 3.8) is 0 Å². The lowest BCUT2D eigenvalue weighted by Crippen LogP contribution is -2.34. The zero-order chi connectivity index (χ0) is 17.5. The molecule has 1 aromatic carbocycles. The van der Waals surface area contributed by atoms with E-state index in [2.05, 4.69) is 31.2 Å². The van der Waals surface area contributed by atoms with Crippen molar-refractivity contribution in [2.75, 3.05) is 0 Å². The molecule has 0 amide bonds. The first kappa shape index (κ1) is 18.8. The molecule has 0 aliphatic heterocycles. The van der Waals surface area contributed by atoms with Gasteiger partial charge in [-0.3, -0.25) is 0 Å². The summed E-state index contributed by atoms with van der Waals surface area (Å²) in [6.45, 7) is 2.29. The first-order chi connectivity index (χ1) is 12.3. The van der Waals surface area contributed by atoms with Gasteiger partial charge in [0.15, 0.2) is 0 Å². The van der Waals surface area contributed by atoms with Crippen molar-refractivity contribution in [3.8, 4) is 5.75 Å². The number of aliphatic hydroxyl groups is 1.